The predicted octanol–water partition coefficient (Wildman–Crippen LogP) is 3.35. The third-order valence-electron chi connectivity index (χ3n) is 2.53. The van der Waals surface area contributed by atoms with Crippen LogP contribution in [0.4, 0.5) is 0 Å². The Morgan fingerprint density at radius 2 is 1.81 bits per heavy atom. The van der Waals surface area contributed by atoms with Crippen LogP contribution < -0.4 is 5.32 Å². The summed E-state index contributed by atoms with van der Waals surface area (Å²) in [5, 5.41) is 3.64. The summed E-state index contributed by atoms with van der Waals surface area (Å²) >= 11 is 2.00. The molecule has 1 aromatic rings. The molecule has 0 aliphatic heterocycles. The summed E-state index contributed by atoms with van der Waals surface area (Å²) in [6, 6.07) is 11.8. The Hall–Kier alpha value is -0.470. The van der Waals surface area contributed by atoms with Crippen molar-refractivity contribution in [3.8, 4) is 0 Å². The van der Waals surface area contributed by atoms with E-state index in [0.29, 0.717) is 12.1 Å². The van der Waals surface area contributed by atoms with Gasteiger partial charge in [-0.2, -0.15) is 11.8 Å². The molecule has 0 heterocycles. The first-order chi connectivity index (χ1) is 7.72. The van der Waals surface area contributed by atoms with Gasteiger partial charge in [-0.1, -0.05) is 37.3 Å². The monoisotopic (exact) mass is 237 g/mol. The molecule has 2 atom stereocenters. The second kappa shape index (κ2) is 7.75. The van der Waals surface area contributed by atoms with Gasteiger partial charge in [-0.15, -0.1) is 0 Å². The van der Waals surface area contributed by atoms with Gasteiger partial charge in [0.05, 0.1) is 0 Å². The number of thioether (sulfide) groups is 1. The molecule has 1 N–H and O–H groups in total. The van der Waals surface area contributed by atoms with Crippen LogP contribution in [0.1, 0.15) is 26.3 Å². The predicted molar refractivity (Wildman–Crippen MR) is 75.2 cm³/mol. The Kier molecular flexibility index (Phi) is 6.58. The van der Waals surface area contributed by atoms with Crippen molar-refractivity contribution in [2.45, 2.75) is 39.3 Å². The van der Waals surface area contributed by atoms with Crippen LogP contribution in [0.5, 0.6) is 0 Å². The largest absolute Gasteiger partial charge is 0.311 e. The molecule has 0 radical (unpaired) electrons. The average molecular weight is 237 g/mol. The average Bonchev–Trinajstić information content (AvgIpc) is 2.27. The molecular weight excluding hydrogens is 214 g/mol. The van der Waals surface area contributed by atoms with Crippen LogP contribution in [-0.2, 0) is 6.42 Å². The molecule has 1 nitrogen and oxygen atoms in total. The van der Waals surface area contributed by atoms with Gasteiger partial charge in [-0.3, -0.25) is 0 Å². The minimum atomic E-state index is 0.551. The van der Waals surface area contributed by atoms with Crippen LogP contribution in [0, 0.1) is 0 Å². The van der Waals surface area contributed by atoms with Crippen molar-refractivity contribution in [1.29, 1.82) is 0 Å². The highest BCUT2D eigenvalue weighted by atomic mass is 32.2. The van der Waals surface area contributed by atoms with Gasteiger partial charge in [0.1, 0.15) is 0 Å². The van der Waals surface area contributed by atoms with Gasteiger partial charge in [0.15, 0.2) is 0 Å². The molecule has 0 aliphatic carbocycles. The molecule has 2 heteroatoms. The van der Waals surface area contributed by atoms with Crippen LogP contribution in [-0.4, -0.2) is 23.6 Å². The molecule has 90 valence electrons. The Morgan fingerprint density at radius 3 is 2.44 bits per heavy atom. The van der Waals surface area contributed by atoms with E-state index in [4.69, 9.17) is 0 Å². The lowest BCUT2D eigenvalue weighted by molar-refractivity contribution is 0.492. The van der Waals surface area contributed by atoms with Crippen molar-refractivity contribution in [3.63, 3.8) is 0 Å². The highest BCUT2D eigenvalue weighted by molar-refractivity contribution is 7.99. The summed E-state index contributed by atoms with van der Waals surface area (Å²) in [6.45, 7) is 6.75. The van der Waals surface area contributed by atoms with Crippen LogP contribution in [0.2, 0.25) is 0 Å². The second-order valence-corrected chi connectivity index (χ2v) is 5.64. The van der Waals surface area contributed by atoms with E-state index in [2.05, 4.69) is 56.4 Å². The Morgan fingerprint density at radius 1 is 1.12 bits per heavy atom. The fourth-order valence-electron chi connectivity index (χ4n) is 1.86. The normalized spacial score (nSPS) is 14.7. The number of benzene rings is 1. The van der Waals surface area contributed by atoms with Gasteiger partial charge in [0.2, 0.25) is 0 Å². The van der Waals surface area contributed by atoms with E-state index >= 15 is 0 Å². The number of rotatable bonds is 7. The third kappa shape index (κ3) is 5.57. The topological polar surface area (TPSA) is 12.0 Å². The van der Waals surface area contributed by atoms with Crippen LogP contribution in [0.3, 0.4) is 0 Å². The molecule has 0 saturated heterocycles. The first-order valence-electron chi connectivity index (χ1n) is 6.10. The SMILES string of the molecule is CCSCC(C)NC(C)Cc1ccccc1. The molecular formula is C14H23NS. The van der Waals surface area contributed by atoms with Gasteiger partial charge in [-0.05, 0) is 31.6 Å². The van der Waals surface area contributed by atoms with Crippen LogP contribution in [0.25, 0.3) is 0 Å². The summed E-state index contributed by atoms with van der Waals surface area (Å²) in [7, 11) is 0. The number of hydrogen-bond acceptors (Lipinski definition) is 2. The molecule has 0 spiro atoms. The Balaban J connectivity index is 2.27. The molecule has 16 heavy (non-hydrogen) atoms. The van der Waals surface area contributed by atoms with E-state index in [-0.39, 0.29) is 0 Å². The first kappa shape index (κ1) is 13.6. The molecule has 0 saturated carbocycles. The zero-order chi connectivity index (χ0) is 11.8. The van der Waals surface area contributed by atoms with Crippen LogP contribution in [0.15, 0.2) is 30.3 Å². The molecule has 0 aromatic heterocycles. The molecule has 0 aliphatic rings. The quantitative estimate of drug-likeness (QED) is 0.780. The molecule has 0 bridgehead atoms. The van der Waals surface area contributed by atoms with E-state index < -0.39 is 0 Å². The number of hydrogen-bond donors (Lipinski definition) is 1. The Labute approximate surface area is 104 Å². The summed E-state index contributed by atoms with van der Waals surface area (Å²) < 4.78 is 0. The van der Waals surface area contributed by atoms with E-state index in [9.17, 15) is 0 Å². The minimum absolute atomic E-state index is 0.551. The van der Waals surface area contributed by atoms with Gasteiger partial charge in [0, 0.05) is 17.8 Å². The summed E-state index contributed by atoms with van der Waals surface area (Å²) in [5.41, 5.74) is 1.41. The van der Waals surface area contributed by atoms with Crippen molar-refractivity contribution in [2.24, 2.45) is 0 Å². The zero-order valence-electron chi connectivity index (χ0n) is 10.6. The van der Waals surface area contributed by atoms with E-state index in [0.717, 1.165) is 6.42 Å². The van der Waals surface area contributed by atoms with Crippen LogP contribution >= 0.6 is 11.8 Å². The van der Waals surface area contributed by atoms with Crippen molar-refractivity contribution in [2.75, 3.05) is 11.5 Å². The molecule has 0 amide bonds. The van der Waals surface area contributed by atoms with Crippen molar-refractivity contribution in [1.82, 2.24) is 5.32 Å². The maximum Gasteiger partial charge on any atom is 0.0132 e. The lowest BCUT2D eigenvalue weighted by atomic mass is 10.1. The Bertz CT molecular complexity index is 273. The second-order valence-electron chi connectivity index (χ2n) is 4.32. The maximum absolute atomic E-state index is 3.64. The fourth-order valence-corrected chi connectivity index (χ4v) is 2.54. The smallest absolute Gasteiger partial charge is 0.0132 e. The lowest BCUT2D eigenvalue weighted by Gasteiger charge is -2.19. The summed E-state index contributed by atoms with van der Waals surface area (Å²) in [4.78, 5) is 0. The molecule has 1 aromatic carbocycles. The summed E-state index contributed by atoms with van der Waals surface area (Å²) in [6.07, 6.45) is 1.11. The van der Waals surface area contributed by atoms with Gasteiger partial charge in [-0.25, -0.2) is 0 Å². The minimum Gasteiger partial charge on any atom is -0.311 e. The lowest BCUT2D eigenvalue weighted by Crippen LogP contribution is -2.37. The van der Waals surface area contributed by atoms with E-state index in [1.54, 1.807) is 0 Å². The molecule has 2 unspecified atom stereocenters. The third-order valence-corrected chi connectivity index (χ3v) is 3.67. The first-order valence-corrected chi connectivity index (χ1v) is 7.25. The van der Waals surface area contributed by atoms with Gasteiger partial charge in [0.25, 0.3) is 0 Å². The molecule has 0 fully saturated rings. The van der Waals surface area contributed by atoms with Gasteiger partial charge >= 0.3 is 0 Å². The van der Waals surface area contributed by atoms with E-state index in [1.807, 2.05) is 11.8 Å². The van der Waals surface area contributed by atoms with Crippen molar-refractivity contribution < 1.29 is 0 Å². The molecule has 1 rings (SSSR count). The zero-order valence-corrected chi connectivity index (χ0v) is 11.4. The van der Waals surface area contributed by atoms with Crippen molar-refractivity contribution in [3.05, 3.63) is 35.9 Å². The summed E-state index contributed by atoms with van der Waals surface area (Å²) in [5.74, 6) is 2.41. The highest BCUT2D eigenvalue weighted by Crippen LogP contribution is 2.06. The van der Waals surface area contributed by atoms with Crippen molar-refractivity contribution >= 4 is 11.8 Å². The number of nitrogens with one attached hydrogen (secondary N) is 1. The fraction of sp³-hybridized carbons (Fsp3) is 0.571. The maximum atomic E-state index is 3.64. The highest BCUT2D eigenvalue weighted by Gasteiger charge is 2.07. The van der Waals surface area contributed by atoms with Gasteiger partial charge < -0.3 is 5.32 Å². The van der Waals surface area contributed by atoms with E-state index in [1.165, 1.54) is 17.1 Å². The standard InChI is InChI=1S/C14H23NS/c1-4-16-11-13(3)15-12(2)10-14-8-6-5-7-9-14/h5-9,12-13,15H,4,10-11H2,1-3H3.